The SMILES string of the molecule is C/C(=C\c1ccc(-c2cccnc2)o1)C(C)N. The van der Waals surface area contributed by atoms with Gasteiger partial charge in [-0.25, -0.2) is 0 Å². The third-order valence-corrected chi connectivity index (χ3v) is 2.66. The molecule has 88 valence electrons. The third-order valence-electron chi connectivity index (χ3n) is 2.66. The zero-order valence-corrected chi connectivity index (χ0v) is 10.1. The molecule has 2 rings (SSSR count). The molecule has 0 aliphatic rings. The summed E-state index contributed by atoms with van der Waals surface area (Å²) in [5.41, 5.74) is 7.85. The quantitative estimate of drug-likeness (QED) is 0.878. The van der Waals surface area contributed by atoms with E-state index in [4.69, 9.17) is 10.2 Å². The number of nitrogens with two attached hydrogens (primary N) is 1. The fourth-order valence-corrected chi connectivity index (χ4v) is 1.45. The molecule has 0 radical (unpaired) electrons. The van der Waals surface area contributed by atoms with Crippen molar-refractivity contribution in [1.82, 2.24) is 4.98 Å². The van der Waals surface area contributed by atoms with Gasteiger partial charge in [-0.05, 0) is 44.2 Å². The lowest BCUT2D eigenvalue weighted by atomic mass is 10.1. The normalized spacial score (nSPS) is 13.7. The van der Waals surface area contributed by atoms with Crippen LogP contribution in [0.3, 0.4) is 0 Å². The van der Waals surface area contributed by atoms with E-state index in [1.807, 2.05) is 44.2 Å². The lowest BCUT2D eigenvalue weighted by molar-refractivity contribution is 0.570. The molecule has 0 saturated carbocycles. The van der Waals surface area contributed by atoms with Gasteiger partial charge in [-0.15, -0.1) is 0 Å². The van der Waals surface area contributed by atoms with Crippen molar-refractivity contribution in [2.24, 2.45) is 5.73 Å². The van der Waals surface area contributed by atoms with Gasteiger partial charge in [-0.3, -0.25) is 4.98 Å². The fraction of sp³-hybridized carbons (Fsp3) is 0.214. The van der Waals surface area contributed by atoms with E-state index in [0.29, 0.717) is 0 Å². The zero-order valence-electron chi connectivity index (χ0n) is 10.1. The number of hydrogen-bond donors (Lipinski definition) is 1. The molecule has 3 heteroatoms. The minimum atomic E-state index is 0.0435. The van der Waals surface area contributed by atoms with Gasteiger partial charge in [0.1, 0.15) is 11.5 Å². The predicted octanol–water partition coefficient (Wildman–Crippen LogP) is 3.09. The first-order valence-electron chi connectivity index (χ1n) is 5.61. The van der Waals surface area contributed by atoms with E-state index in [2.05, 4.69) is 4.98 Å². The molecule has 0 aromatic carbocycles. The van der Waals surface area contributed by atoms with E-state index in [-0.39, 0.29) is 6.04 Å². The zero-order chi connectivity index (χ0) is 12.3. The molecule has 1 atom stereocenters. The Balaban J connectivity index is 2.26. The van der Waals surface area contributed by atoms with E-state index in [1.165, 1.54) is 0 Å². The van der Waals surface area contributed by atoms with Gasteiger partial charge in [0.15, 0.2) is 0 Å². The molecule has 3 nitrogen and oxygen atoms in total. The Kier molecular flexibility index (Phi) is 3.40. The molecule has 2 aromatic rings. The Hall–Kier alpha value is -1.87. The van der Waals surface area contributed by atoms with Crippen molar-refractivity contribution in [3.05, 3.63) is 48.0 Å². The van der Waals surface area contributed by atoms with Crippen LogP contribution < -0.4 is 5.73 Å². The number of aromatic nitrogens is 1. The number of nitrogens with zero attached hydrogens (tertiary/aromatic N) is 1. The van der Waals surface area contributed by atoms with Gasteiger partial charge in [0.2, 0.25) is 0 Å². The summed E-state index contributed by atoms with van der Waals surface area (Å²) in [5.74, 6) is 1.64. The lowest BCUT2D eigenvalue weighted by Crippen LogP contribution is -2.15. The van der Waals surface area contributed by atoms with E-state index in [1.54, 1.807) is 12.4 Å². The van der Waals surface area contributed by atoms with Crippen LogP contribution in [0.15, 0.2) is 46.6 Å². The minimum absolute atomic E-state index is 0.0435. The molecule has 2 heterocycles. The van der Waals surface area contributed by atoms with Crippen LogP contribution in [0.5, 0.6) is 0 Å². The summed E-state index contributed by atoms with van der Waals surface area (Å²) in [6, 6.07) is 7.78. The molecule has 0 aliphatic carbocycles. The largest absolute Gasteiger partial charge is 0.457 e. The van der Waals surface area contributed by atoms with Crippen LogP contribution in [0.25, 0.3) is 17.4 Å². The van der Waals surface area contributed by atoms with Gasteiger partial charge in [0, 0.05) is 24.0 Å². The average molecular weight is 228 g/mol. The summed E-state index contributed by atoms with van der Waals surface area (Å²) < 4.78 is 5.72. The van der Waals surface area contributed by atoms with Gasteiger partial charge in [-0.1, -0.05) is 5.57 Å². The second-order valence-corrected chi connectivity index (χ2v) is 4.12. The van der Waals surface area contributed by atoms with Crippen molar-refractivity contribution in [2.75, 3.05) is 0 Å². The first-order chi connectivity index (χ1) is 8.16. The van der Waals surface area contributed by atoms with Gasteiger partial charge in [0.05, 0.1) is 0 Å². The number of hydrogen-bond acceptors (Lipinski definition) is 3. The Bertz CT molecular complexity index is 512. The van der Waals surface area contributed by atoms with Crippen molar-refractivity contribution in [3.63, 3.8) is 0 Å². The van der Waals surface area contributed by atoms with Crippen molar-refractivity contribution in [1.29, 1.82) is 0 Å². The number of furan rings is 1. The Morgan fingerprint density at radius 3 is 2.88 bits per heavy atom. The van der Waals surface area contributed by atoms with E-state index in [9.17, 15) is 0 Å². The maximum Gasteiger partial charge on any atom is 0.136 e. The molecule has 0 fully saturated rings. The van der Waals surface area contributed by atoms with Crippen LogP contribution >= 0.6 is 0 Å². The topological polar surface area (TPSA) is 52.0 Å². The fourth-order valence-electron chi connectivity index (χ4n) is 1.45. The Labute approximate surface area is 101 Å². The molecule has 0 saturated heterocycles. The van der Waals surface area contributed by atoms with Gasteiger partial charge >= 0.3 is 0 Å². The number of pyridine rings is 1. The molecular formula is C14H16N2O. The van der Waals surface area contributed by atoms with Gasteiger partial charge in [0.25, 0.3) is 0 Å². The number of rotatable bonds is 3. The standard InChI is InChI=1S/C14H16N2O/c1-10(11(2)15)8-13-5-6-14(17-13)12-4-3-7-16-9-12/h3-9,11H,15H2,1-2H3/b10-8+. The van der Waals surface area contributed by atoms with Crippen molar-refractivity contribution >= 4 is 6.08 Å². The molecular weight excluding hydrogens is 212 g/mol. The minimum Gasteiger partial charge on any atom is -0.457 e. The predicted molar refractivity (Wildman–Crippen MR) is 69.2 cm³/mol. The second-order valence-electron chi connectivity index (χ2n) is 4.12. The second kappa shape index (κ2) is 4.97. The lowest BCUT2D eigenvalue weighted by Gasteiger charge is -2.03. The first kappa shape index (κ1) is 11.6. The molecule has 0 aliphatic heterocycles. The van der Waals surface area contributed by atoms with E-state index in [0.717, 1.165) is 22.7 Å². The highest BCUT2D eigenvalue weighted by Gasteiger charge is 2.04. The Morgan fingerprint density at radius 2 is 2.24 bits per heavy atom. The molecule has 0 spiro atoms. The molecule has 2 N–H and O–H groups in total. The molecule has 17 heavy (non-hydrogen) atoms. The van der Waals surface area contributed by atoms with Crippen LogP contribution in [-0.4, -0.2) is 11.0 Å². The van der Waals surface area contributed by atoms with Gasteiger partial charge in [-0.2, -0.15) is 0 Å². The maximum atomic E-state index is 5.78. The van der Waals surface area contributed by atoms with Crippen molar-refractivity contribution < 1.29 is 4.42 Å². The van der Waals surface area contributed by atoms with Crippen LogP contribution in [0.1, 0.15) is 19.6 Å². The summed E-state index contributed by atoms with van der Waals surface area (Å²) in [6.45, 7) is 3.95. The van der Waals surface area contributed by atoms with E-state index >= 15 is 0 Å². The highest BCUT2D eigenvalue weighted by Crippen LogP contribution is 2.22. The van der Waals surface area contributed by atoms with Crippen LogP contribution in [-0.2, 0) is 0 Å². The highest BCUT2D eigenvalue weighted by atomic mass is 16.3. The smallest absolute Gasteiger partial charge is 0.136 e. The molecule has 0 amide bonds. The van der Waals surface area contributed by atoms with E-state index < -0.39 is 0 Å². The van der Waals surface area contributed by atoms with Gasteiger partial charge < -0.3 is 10.2 Å². The Morgan fingerprint density at radius 1 is 1.41 bits per heavy atom. The van der Waals surface area contributed by atoms with Crippen LogP contribution in [0, 0.1) is 0 Å². The molecule has 0 bridgehead atoms. The van der Waals surface area contributed by atoms with Crippen LogP contribution in [0.4, 0.5) is 0 Å². The summed E-state index contributed by atoms with van der Waals surface area (Å²) in [7, 11) is 0. The van der Waals surface area contributed by atoms with Crippen LogP contribution in [0.2, 0.25) is 0 Å². The average Bonchev–Trinajstić information content (AvgIpc) is 2.78. The molecule has 2 aromatic heterocycles. The van der Waals surface area contributed by atoms with Crippen molar-refractivity contribution in [3.8, 4) is 11.3 Å². The summed E-state index contributed by atoms with van der Waals surface area (Å²) in [4.78, 5) is 4.06. The third kappa shape index (κ3) is 2.82. The van der Waals surface area contributed by atoms with Crippen molar-refractivity contribution in [2.45, 2.75) is 19.9 Å². The maximum absolute atomic E-state index is 5.78. The first-order valence-corrected chi connectivity index (χ1v) is 5.61. The summed E-state index contributed by atoms with van der Waals surface area (Å²) in [5, 5.41) is 0. The summed E-state index contributed by atoms with van der Waals surface area (Å²) >= 11 is 0. The highest BCUT2D eigenvalue weighted by molar-refractivity contribution is 5.59. The molecule has 1 unspecified atom stereocenters. The monoisotopic (exact) mass is 228 g/mol. The summed E-state index contributed by atoms with van der Waals surface area (Å²) in [6.07, 6.45) is 5.49.